The van der Waals surface area contributed by atoms with Gasteiger partial charge in [-0.25, -0.2) is 0 Å². The molecule has 1 amide bonds. The number of thiophene rings is 1. The van der Waals surface area contributed by atoms with E-state index in [1.165, 1.54) is 21.6 Å². The van der Waals surface area contributed by atoms with E-state index in [0.29, 0.717) is 6.54 Å². The lowest BCUT2D eigenvalue weighted by atomic mass is 9.96. The third kappa shape index (κ3) is 4.76. The molecule has 1 aromatic heterocycles. The van der Waals surface area contributed by atoms with Crippen molar-refractivity contribution in [3.63, 3.8) is 0 Å². The zero-order valence-electron chi connectivity index (χ0n) is 18.1. The van der Waals surface area contributed by atoms with E-state index in [-0.39, 0.29) is 11.9 Å². The van der Waals surface area contributed by atoms with Crippen molar-refractivity contribution in [1.82, 2.24) is 14.7 Å². The molecule has 4 nitrogen and oxygen atoms in total. The van der Waals surface area contributed by atoms with Gasteiger partial charge in [0.1, 0.15) is 0 Å². The van der Waals surface area contributed by atoms with Crippen molar-refractivity contribution in [2.75, 3.05) is 39.3 Å². The first-order valence-corrected chi connectivity index (χ1v) is 12.5. The van der Waals surface area contributed by atoms with Crippen molar-refractivity contribution in [1.29, 1.82) is 0 Å². The Morgan fingerprint density at radius 2 is 1.62 bits per heavy atom. The Kier molecular flexibility index (Phi) is 6.60. The molecule has 0 N–H and O–H groups in total. The summed E-state index contributed by atoms with van der Waals surface area (Å²) in [5.41, 5.74) is 3.87. The van der Waals surface area contributed by atoms with Gasteiger partial charge in [0.05, 0.1) is 12.6 Å². The fraction of sp³-hybridized carbons (Fsp3) is 0.346. The van der Waals surface area contributed by atoms with E-state index in [0.717, 1.165) is 50.7 Å². The highest BCUT2D eigenvalue weighted by atomic mass is 35.5. The van der Waals surface area contributed by atoms with Crippen LogP contribution in [0.4, 0.5) is 0 Å². The normalized spacial score (nSPS) is 18.3. The Morgan fingerprint density at radius 3 is 2.38 bits per heavy atom. The lowest BCUT2D eigenvalue weighted by Crippen LogP contribution is -2.51. The van der Waals surface area contributed by atoms with Crippen LogP contribution in [0.1, 0.15) is 27.6 Å². The van der Waals surface area contributed by atoms with E-state index in [9.17, 15) is 4.79 Å². The molecule has 0 spiro atoms. The Bertz CT molecular complexity index is 1040. The predicted molar refractivity (Wildman–Crippen MR) is 131 cm³/mol. The van der Waals surface area contributed by atoms with Crippen LogP contribution in [0.15, 0.2) is 66.0 Å². The maximum absolute atomic E-state index is 12.9. The van der Waals surface area contributed by atoms with Gasteiger partial charge in [-0.15, -0.1) is 11.3 Å². The summed E-state index contributed by atoms with van der Waals surface area (Å²) in [6.07, 6.45) is 0.992. The highest BCUT2D eigenvalue weighted by Gasteiger charge is 2.29. The molecular weight excluding hydrogens is 438 g/mol. The van der Waals surface area contributed by atoms with Gasteiger partial charge in [0, 0.05) is 49.2 Å². The highest BCUT2D eigenvalue weighted by molar-refractivity contribution is 7.10. The maximum Gasteiger partial charge on any atom is 0.237 e. The zero-order chi connectivity index (χ0) is 21.9. The molecule has 0 radical (unpaired) electrons. The van der Waals surface area contributed by atoms with Crippen LogP contribution in [0.2, 0.25) is 5.02 Å². The van der Waals surface area contributed by atoms with Gasteiger partial charge in [-0.2, -0.15) is 0 Å². The molecule has 3 heterocycles. The van der Waals surface area contributed by atoms with Crippen LogP contribution in [0.5, 0.6) is 0 Å². The quantitative estimate of drug-likeness (QED) is 0.546. The number of benzene rings is 2. The number of nitrogens with zero attached hydrogens (tertiary/aromatic N) is 3. The fourth-order valence-electron chi connectivity index (χ4n) is 4.83. The first-order chi connectivity index (χ1) is 15.7. The number of carbonyl (C=O) groups excluding carboxylic acids is 1. The second-order valence-electron chi connectivity index (χ2n) is 8.61. The fourth-order valence-corrected chi connectivity index (χ4v) is 5.84. The summed E-state index contributed by atoms with van der Waals surface area (Å²) >= 11 is 7.96. The molecule has 1 unspecified atom stereocenters. The Balaban J connectivity index is 1.22. The van der Waals surface area contributed by atoms with Crippen LogP contribution in [-0.4, -0.2) is 59.9 Å². The molecule has 2 aliphatic heterocycles. The topological polar surface area (TPSA) is 26.8 Å². The first kappa shape index (κ1) is 21.7. The Labute approximate surface area is 199 Å². The van der Waals surface area contributed by atoms with Crippen LogP contribution in [0, 0.1) is 0 Å². The molecule has 1 saturated heterocycles. The highest BCUT2D eigenvalue weighted by Crippen LogP contribution is 2.30. The molecule has 0 aliphatic carbocycles. The van der Waals surface area contributed by atoms with Crippen molar-refractivity contribution >= 4 is 28.8 Å². The second-order valence-corrected chi connectivity index (χ2v) is 10.0. The molecule has 2 aromatic carbocycles. The minimum Gasteiger partial charge on any atom is -0.337 e. The van der Waals surface area contributed by atoms with E-state index >= 15 is 0 Å². The summed E-state index contributed by atoms with van der Waals surface area (Å²) in [6, 6.07) is 21.2. The number of halogens is 1. The molecule has 1 atom stereocenters. The van der Waals surface area contributed by atoms with Crippen LogP contribution < -0.4 is 0 Å². The standard InChI is InChI=1S/C26H28ClN3OS/c27-23-8-6-21(7-9-23)26(20-4-2-1-3-5-20)29-15-13-28(14-16-29)19-25(31)30-12-10-24-22(18-30)11-17-32-24/h1-9,11,17,26H,10,12-16,18-19H2. The molecule has 3 aromatic rings. The number of rotatable bonds is 5. The van der Waals surface area contributed by atoms with Crippen molar-refractivity contribution in [2.45, 2.75) is 19.0 Å². The molecule has 1 fully saturated rings. The largest absolute Gasteiger partial charge is 0.337 e. The summed E-state index contributed by atoms with van der Waals surface area (Å²) in [4.78, 5) is 21.3. The minimum atomic E-state index is 0.199. The van der Waals surface area contributed by atoms with Crippen molar-refractivity contribution in [2.24, 2.45) is 0 Å². The number of hydrogen-bond donors (Lipinski definition) is 0. The number of fused-ring (bicyclic) bond motifs is 1. The minimum absolute atomic E-state index is 0.199. The monoisotopic (exact) mass is 465 g/mol. The van der Waals surface area contributed by atoms with Gasteiger partial charge in [-0.05, 0) is 46.7 Å². The maximum atomic E-state index is 12.9. The molecule has 2 aliphatic rings. The molecule has 166 valence electrons. The average molecular weight is 466 g/mol. The predicted octanol–water partition coefficient (Wildman–Crippen LogP) is 4.69. The van der Waals surface area contributed by atoms with Crippen molar-refractivity contribution in [3.8, 4) is 0 Å². The Hall–Kier alpha value is -2.18. The SMILES string of the molecule is O=C(CN1CCN(C(c2ccccc2)c2ccc(Cl)cc2)CC1)N1CCc2sccc2C1. The summed E-state index contributed by atoms with van der Waals surface area (Å²) in [7, 11) is 0. The molecule has 5 rings (SSSR count). The third-order valence-electron chi connectivity index (χ3n) is 6.59. The number of hydrogen-bond acceptors (Lipinski definition) is 4. The van der Waals surface area contributed by atoms with E-state index < -0.39 is 0 Å². The lowest BCUT2D eigenvalue weighted by Gasteiger charge is -2.40. The molecule has 6 heteroatoms. The van der Waals surface area contributed by atoms with Crippen LogP contribution in [0.3, 0.4) is 0 Å². The van der Waals surface area contributed by atoms with Gasteiger partial charge in [0.25, 0.3) is 0 Å². The van der Waals surface area contributed by atoms with E-state index in [1.54, 1.807) is 0 Å². The summed E-state index contributed by atoms with van der Waals surface area (Å²) in [5, 5.41) is 2.90. The number of carbonyl (C=O) groups is 1. The number of piperazine rings is 1. The van der Waals surface area contributed by atoms with E-state index in [4.69, 9.17) is 11.6 Å². The molecule has 0 saturated carbocycles. The molecule has 32 heavy (non-hydrogen) atoms. The van der Waals surface area contributed by atoms with Crippen molar-refractivity contribution < 1.29 is 4.79 Å². The van der Waals surface area contributed by atoms with Crippen LogP contribution >= 0.6 is 22.9 Å². The van der Waals surface area contributed by atoms with Gasteiger partial charge in [-0.3, -0.25) is 14.6 Å². The number of amides is 1. The van der Waals surface area contributed by atoms with Gasteiger partial charge in [0.15, 0.2) is 0 Å². The van der Waals surface area contributed by atoms with Gasteiger partial charge < -0.3 is 4.90 Å². The van der Waals surface area contributed by atoms with Crippen molar-refractivity contribution in [3.05, 3.63) is 92.6 Å². The lowest BCUT2D eigenvalue weighted by molar-refractivity contribution is -0.133. The molecule has 0 bridgehead atoms. The van der Waals surface area contributed by atoms with Crippen LogP contribution in [-0.2, 0) is 17.8 Å². The zero-order valence-corrected chi connectivity index (χ0v) is 19.7. The smallest absolute Gasteiger partial charge is 0.237 e. The van der Waals surface area contributed by atoms with Gasteiger partial charge in [-0.1, -0.05) is 54.1 Å². The van der Waals surface area contributed by atoms with E-state index in [2.05, 4.69) is 63.7 Å². The summed E-state index contributed by atoms with van der Waals surface area (Å²) < 4.78 is 0. The third-order valence-corrected chi connectivity index (χ3v) is 7.87. The molecular formula is C26H28ClN3OS. The Morgan fingerprint density at radius 1 is 0.906 bits per heavy atom. The van der Waals surface area contributed by atoms with E-state index in [1.807, 2.05) is 28.4 Å². The average Bonchev–Trinajstić information content (AvgIpc) is 3.30. The van der Waals surface area contributed by atoms with Crippen LogP contribution in [0.25, 0.3) is 0 Å². The summed E-state index contributed by atoms with van der Waals surface area (Å²) in [5.74, 6) is 0.257. The second kappa shape index (κ2) is 9.75. The first-order valence-electron chi connectivity index (χ1n) is 11.3. The van der Waals surface area contributed by atoms with Gasteiger partial charge >= 0.3 is 0 Å². The summed E-state index contributed by atoms with van der Waals surface area (Å²) in [6.45, 7) is 5.81. The van der Waals surface area contributed by atoms with Gasteiger partial charge in [0.2, 0.25) is 5.91 Å².